The van der Waals surface area contributed by atoms with E-state index in [1.54, 1.807) is 0 Å². The van der Waals surface area contributed by atoms with E-state index in [2.05, 4.69) is 37.8 Å². The van der Waals surface area contributed by atoms with Crippen molar-refractivity contribution < 1.29 is 9.59 Å². The molecule has 0 saturated carbocycles. The molecule has 28 heavy (non-hydrogen) atoms. The second kappa shape index (κ2) is 7.86. The van der Waals surface area contributed by atoms with Crippen LogP contribution >= 0.6 is 0 Å². The molecule has 0 unspecified atom stereocenters. The SMILES string of the molecule is CC(C)N1C(=O)N(CCc2ccccc2)C2(CCN(CC(C)(C)C)CC2)C1=O. The molecule has 3 amide bonds. The summed E-state index contributed by atoms with van der Waals surface area (Å²) in [6.07, 6.45) is 2.23. The lowest BCUT2D eigenvalue weighted by Crippen LogP contribution is -2.57. The first-order chi connectivity index (χ1) is 13.1. The molecule has 2 saturated heterocycles. The quantitative estimate of drug-likeness (QED) is 0.725. The molecule has 0 N–H and O–H groups in total. The minimum Gasteiger partial charge on any atom is -0.309 e. The Balaban J connectivity index is 1.79. The van der Waals surface area contributed by atoms with E-state index >= 15 is 0 Å². The number of benzene rings is 1. The van der Waals surface area contributed by atoms with Gasteiger partial charge in [-0.15, -0.1) is 0 Å². The Morgan fingerprint density at radius 2 is 1.64 bits per heavy atom. The maximum absolute atomic E-state index is 13.4. The summed E-state index contributed by atoms with van der Waals surface area (Å²) in [6.45, 7) is 13.9. The molecule has 2 aliphatic heterocycles. The van der Waals surface area contributed by atoms with Crippen LogP contribution in [0.5, 0.6) is 0 Å². The monoisotopic (exact) mass is 385 g/mol. The molecule has 2 aliphatic rings. The zero-order chi connectivity index (χ0) is 20.5. The fourth-order valence-corrected chi connectivity index (χ4v) is 4.63. The van der Waals surface area contributed by atoms with Crippen molar-refractivity contribution in [1.82, 2.24) is 14.7 Å². The average molecular weight is 386 g/mol. The summed E-state index contributed by atoms with van der Waals surface area (Å²) in [5, 5.41) is 0. The first-order valence-electron chi connectivity index (χ1n) is 10.6. The van der Waals surface area contributed by atoms with Crippen LogP contribution in [0.15, 0.2) is 30.3 Å². The lowest BCUT2D eigenvalue weighted by molar-refractivity contribution is -0.136. The van der Waals surface area contributed by atoms with Crippen LogP contribution in [0.3, 0.4) is 0 Å². The molecule has 5 nitrogen and oxygen atoms in total. The zero-order valence-corrected chi connectivity index (χ0v) is 18.1. The maximum Gasteiger partial charge on any atom is 0.327 e. The molecular weight excluding hydrogens is 350 g/mol. The van der Waals surface area contributed by atoms with Gasteiger partial charge in [0.15, 0.2) is 0 Å². The van der Waals surface area contributed by atoms with Crippen LogP contribution in [0.2, 0.25) is 0 Å². The molecule has 1 spiro atoms. The number of likely N-dealkylation sites (tertiary alicyclic amines) is 1. The number of nitrogens with zero attached hydrogens (tertiary/aromatic N) is 3. The molecule has 0 radical (unpaired) electrons. The molecule has 1 aromatic rings. The van der Waals surface area contributed by atoms with Gasteiger partial charge in [0.05, 0.1) is 0 Å². The normalized spacial score (nSPS) is 20.6. The number of hydrogen-bond acceptors (Lipinski definition) is 3. The number of urea groups is 1. The summed E-state index contributed by atoms with van der Waals surface area (Å²) in [6, 6.07) is 10.00. The highest BCUT2D eigenvalue weighted by Gasteiger charge is 2.58. The third kappa shape index (κ3) is 4.09. The van der Waals surface area contributed by atoms with E-state index in [-0.39, 0.29) is 23.4 Å². The number of rotatable bonds is 5. The highest BCUT2D eigenvalue weighted by Crippen LogP contribution is 2.38. The first kappa shape index (κ1) is 20.8. The Kier molecular flexibility index (Phi) is 5.85. The first-order valence-corrected chi connectivity index (χ1v) is 10.6. The Morgan fingerprint density at radius 1 is 1.04 bits per heavy atom. The van der Waals surface area contributed by atoms with Crippen molar-refractivity contribution in [3.05, 3.63) is 35.9 Å². The lowest BCUT2D eigenvalue weighted by Gasteiger charge is -2.43. The highest BCUT2D eigenvalue weighted by molar-refractivity contribution is 6.07. The van der Waals surface area contributed by atoms with Crippen LogP contribution in [-0.2, 0) is 11.2 Å². The van der Waals surface area contributed by atoms with E-state index in [1.807, 2.05) is 36.9 Å². The minimum atomic E-state index is -0.662. The standard InChI is InChI=1S/C23H35N3O2/c1-18(2)26-20(27)23(12-15-24(16-13-23)17-22(3,4)5)25(21(26)28)14-11-19-9-7-6-8-10-19/h6-10,18H,11-17H2,1-5H3. The Morgan fingerprint density at radius 3 is 2.18 bits per heavy atom. The summed E-state index contributed by atoms with van der Waals surface area (Å²) >= 11 is 0. The van der Waals surface area contributed by atoms with Crippen LogP contribution in [0.1, 0.15) is 53.0 Å². The van der Waals surface area contributed by atoms with Crippen molar-refractivity contribution in [2.75, 3.05) is 26.2 Å². The highest BCUT2D eigenvalue weighted by atomic mass is 16.2. The fourth-order valence-electron chi connectivity index (χ4n) is 4.63. The Bertz CT molecular complexity index is 700. The van der Waals surface area contributed by atoms with Gasteiger partial charge < -0.3 is 9.80 Å². The van der Waals surface area contributed by atoms with Gasteiger partial charge in [0.1, 0.15) is 5.54 Å². The van der Waals surface area contributed by atoms with Crippen molar-refractivity contribution >= 4 is 11.9 Å². The lowest BCUT2D eigenvalue weighted by atomic mass is 9.84. The van der Waals surface area contributed by atoms with Crippen molar-refractivity contribution in [2.24, 2.45) is 5.41 Å². The van der Waals surface area contributed by atoms with Gasteiger partial charge in [-0.2, -0.15) is 0 Å². The van der Waals surface area contributed by atoms with Gasteiger partial charge in [0.2, 0.25) is 0 Å². The number of carbonyl (C=O) groups excluding carboxylic acids is 2. The van der Waals surface area contributed by atoms with Crippen LogP contribution in [0, 0.1) is 5.41 Å². The predicted molar refractivity (Wildman–Crippen MR) is 112 cm³/mol. The van der Waals surface area contributed by atoms with Gasteiger partial charge in [0.25, 0.3) is 5.91 Å². The molecule has 0 aromatic heterocycles. The van der Waals surface area contributed by atoms with Crippen LogP contribution in [-0.4, -0.2) is 64.4 Å². The molecule has 154 valence electrons. The molecule has 2 fully saturated rings. The second-order valence-electron chi connectivity index (χ2n) is 9.81. The summed E-state index contributed by atoms with van der Waals surface area (Å²) < 4.78 is 0. The second-order valence-corrected chi connectivity index (χ2v) is 9.81. The fraction of sp³-hybridized carbons (Fsp3) is 0.652. The number of imide groups is 1. The molecule has 0 aliphatic carbocycles. The third-order valence-electron chi connectivity index (χ3n) is 5.94. The molecule has 0 bridgehead atoms. The number of amides is 3. The Hall–Kier alpha value is -1.88. The van der Waals surface area contributed by atoms with E-state index in [0.717, 1.165) is 38.9 Å². The molecular formula is C23H35N3O2. The van der Waals surface area contributed by atoms with Crippen LogP contribution in [0.25, 0.3) is 0 Å². The maximum atomic E-state index is 13.4. The molecule has 3 rings (SSSR count). The predicted octanol–water partition coefficient (Wildman–Crippen LogP) is 3.78. The molecule has 5 heteroatoms. The topological polar surface area (TPSA) is 43.9 Å². The van der Waals surface area contributed by atoms with E-state index in [9.17, 15) is 9.59 Å². The molecule has 0 atom stereocenters. The van der Waals surface area contributed by atoms with E-state index in [4.69, 9.17) is 0 Å². The molecule has 1 aromatic carbocycles. The average Bonchev–Trinajstić information content (AvgIpc) is 2.82. The van der Waals surface area contributed by atoms with Gasteiger partial charge in [-0.05, 0) is 44.1 Å². The summed E-state index contributed by atoms with van der Waals surface area (Å²) in [4.78, 5) is 32.4. The largest absolute Gasteiger partial charge is 0.327 e. The van der Waals surface area contributed by atoms with Gasteiger partial charge in [0, 0.05) is 32.2 Å². The number of hydrogen-bond donors (Lipinski definition) is 0. The van der Waals surface area contributed by atoms with Crippen molar-refractivity contribution in [2.45, 2.75) is 65.5 Å². The van der Waals surface area contributed by atoms with Crippen molar-refractivity contribution in [1.29, 1.82) is 0 Å². The number of carbonyl (C=O) groups is 2. The van der Waals surface area contributed by atoms with E-state index < -0.39 is 5.54 Å². The van der Waals surface area contributed by atoms with E-state index in [1.165, 1.54) is 10.5 Å². The molecule has 2 heterocycles. The summed E-state index contributed by atoms with van der Waals surface area (Å²) in [5.74, 6) is 0.0102. The van der Waals surface area contributed by atoms with E-state index in [0.29, 0.717) is 6.54 Å². The summed E-state index contributed by atoms with van der Waals surface area (Å²) in [5.41, 5.74) is 0.771. The third-order valence-corrected chi connectivity index (χ3v) is 5.94. The Labute approximate surface area is 169 Å². The van der Waals surface area contributed by atoms with Crippen molar-refractivity contribution in [3.8, 4) is 0 Å². The summed E-state index contributed by atoms with van der Waals surface area (Å²) in [7, 11) is 0. The smallest absolute Gasteiger partial charge is 0.309 e. The van der Waals surface area contributed by atoms with Gasteiger partial charge in [-0.3, -0.25) is 9.69 Å². The minimum absolute atomic E-state index is 0.0102. The van der Waals surface area contributed by atoms with Gasteiger partial charge >= 0.3 is 6.03 Å². The van der Waals surface area contributed by atoms with Crippen molar-refractivity contribution in [3.63, 3.8) is 0 Å². The van der Waals surface area contributed by atoms with Crippen LogP contribution in [0.4, 0.5) is 4.79 Å². The number of piperidine rings is 1. The van der Waals surface area contributed by atoms with Crippen LogP contribution < -0.4 is 0 Å². The van der Waals surface area contributed by atoms with Gasteiger partial charge in [-0.25, -0.2) is 4.79 Å². The zero-order valence-electron chi connectivity index (χ0n) is 18.1. The van der Waals surface area contributed by atoms with Gasteiger partial charge in [-0.1, -0.05) is 51.1 Å².